The molecule has 3 heteroatoms. The van der Waals surface area contributed by atoms with E-state index in [9.17, 15) is 0 Å². The average Bonchev–Trinajstić information content (AvgIpc) is 2.53. The van der Waals surface area contributed by atoms with Gasteiger partial charge < -0.3 is 10.5 Å². The summed E-state index contributed by atoms with van der Waals surface area (Å²) in [6.07, 6.45) is 1.90. The number of methoxy groups -OCH3 is 1. The van der Waals surface area contributed by atoms with Crippen LogP contribution < -0.4 is 10.5 Å². The lowest BCUT2D eigenvalue weighted by molar-refractivity contribution is 0.405. The van der Waals surface area contributed by atoms with E-state index in [0.29, 0.717) is 6.54 Å². The number of aryl methyl sites for hydroxylation is 1. The largest absolute Gasteiger partial charge is 0.496 e. The van der Waals surface area contributed by atoms with E-state index < -0.39 is 0 Å². The Hall–Kier alpha value is -1.51. The molecule has 2 nitrogen and oxygen atoms in total. The highest BCUT2D eigenvalue weighted by Gasteiger charge is 2.16. The summed E-state index contributed by atoms with van der Waals surface area (Å²) in [6.45, 7) is 2.74. The first-order chi connectivity index (χ1) is 10.2. The van der Waals surface area contributed by atoms with Gasteiger partial charge in [-0.05, 0) is 54.3 Å². The van der Waals surface area contributed by atoms with Crippen molar-refractivity contribution >= 4 is 11.6 Å². The number of rotatable bonds is 6. The smallest absolute Gasteiger partial charge is 0.122 e. The van der Waals surface area contributed by atoms with Crippen LogP contribution in [0.3, 0.4) is 0 Å². The third-order valence-electron chi connectivity index (χ3n) is 3.82. The number of hydrogen-bond donors (Lipinski definition) is 1. The first-order valence-electron chi connectivity index (χ1n) is 7.29. The molecular weight excluding hydrogens is 282 g/mol. The van der Waals surface area contributed by atoms with Gasteiger partial charge in [0.25, 0.3) is 0 Å². The quantitative estimate of drug-likeness (QED) is 0.868. The minimum absolute atomic E-state index is 0.243. The number of benzene rings is 2. The molecule has 2 aromatic carbocycles. The SMILES string of the molecule is CCc1ccc(OC)c(C(CN)Cc2ccc(Cl)cc2)c1. The standard InChI is InChI=1S/C18H22ClNO/c1-3-13-6-9-18(21-2)17(11-13)15(12-20)10-14-4-7-16(19)8-5-14/h4-9,11,15H,3,10,12,20H2,1-2H3. The zero-order chi connectivity index (χ0) is 15.2. The zero-order valence-corrected chi connectivity index (χ0v) is 13.4. The first-order valence-corrected chi connectivity index (χ1v) is 7.67. The molecule has 0 aliphatic heterocycles. The lowest BCUT2D eigenvalue weighted by Gasteiger charge is -2.19. The van der Waals surface area contributed by atoms with Crippen molar-refractivity contribution in [1.29, 1.82) is 0 Å². The normalized spacial score (nSPS) is 12.2. The van der Waals surface area contributed by atoms with E-state index in [2.05, 4.69) is 31.2 Å². The van der Waals surface area contributed by atoms with Gasteiger partial charge in [-0.3, -0.25) is 0 Å². The van der Waals surface area contributed by atoms with Crippen molar-refractivity contribution in [3.8, 4) is 5.75 Å². The topological polar surface area (TPSA) is 35.2 Å². The van der Waals surface area contributed by atoms with Gasteiger partial charge in [0.15, 0.2) is 0 Å². The molecular formula is C18H22ClNO. The molecule has 0 aliphatic rings. The van der Waals surface area contributed by atoms with Gasteiger partial charge in [-0.15, -0.1) is 0 Å². The fourth-order valence-corrected chi connectivity index (χ4v) is 2.67. The van der Waals surface area contributed by atoms with E-state index in [4.69, 9.17) is 22.1 Å². The summed E-state index contributed by atoms with van der Waals surface area (Å²) < 4.78 is 5.51. The van der Waals surface area contributed by atoms with Crippen LogP contribution in [0, 0.1) is 0 Å². The van der Waals surface area contributed by atoms with Crippen molar-refractivity contribution in [2.24, 2.45) is 5.73 Å². The Bertz CT molecular complexity index is 580. The summed E-state index contributed by atoms with van der Waals surface area (Å²) in [7, 11) is 1.71. The molecule has 0 bridgehead atoms. The Morgan fingerprint density at radius 3 is 2.33 bits per heavy atom. The van der Waals surface area contributed by atoms with E-state index in [1.807, 2.05) is 18.2 Å². The van der Waals surface area contributed by atoms with Crippen LogP contribution >= 0.6 is 11.6 Å². The van der Waals surface area contributed by atoms with E-state index in [1.165, 1.54) is 16.7 Å². The summed E-state index contributed by atoms with van der Waals surface area (Å²) >= 11 is 5.94. The van der Waals surface area contributed by atoms with Crippen molar-refractivity contribution in [2.75, 3.05) is 13.7 Å². The lowest BCUT2D eigenvalue weighted by atomic mass is 9.90. The molecule has 0 fully saturated rings. The minimum atomic E-state index is 0.243. The Labute approximate surface area is 131 Å². The van der Waals surface area contributed by atoms with Crippen molar-refractivity contribution in [3.63, 3.8) is 0 Å². The van der Waals surface area contributed by atoms with E-state index >= 15 is 0 Å². The van der Waals surface area contributed by atoms with Crippen LogP contribution in [0.25, 0.3) is 0 Å². The average molecular weight is 304 g/mol. The van der Waals surface area contributed by atoms with Crippen LogP contribution in [0.5, 0.6) is 5.75 Å². The molecule has 1 unspecified atom stereocenters. The maximum atomic E-state index is 6.02. The molecule has 1 atom stereocenters. The van der Waals surface area contributed by atoms with Gasteiger partial charge in [-0.1, -0.05) is 42.8 Å². The van der Waals surface area contributed by atoms with Crippen LogP contribution in [0.4, 0.5) is 0 Å². The predicted octanol–water partition coefficient (Wildman–Crippen LogP) is 4.20. The molecule has 112 valence electrons. The molecule has 0 amide bonds. The Kier molecular flexibility index (Phi) is 5.66. The Morgan fingerprint density at radius 1 is 1.10 bits per heavy atom. The molecule has 0 radical (unpaired) electrons. The molecule has 21 heavy (non-hydrogen) atoms. The molecule has 2 aromatic rings. The van der Waals surface area contributed by atoms with Gasteiger partial charge in [0.2, 0.25) is 0 Å². The monoisotopic (exact) mass is 303 g/mol. The summed E-state index contributed by atoms with van der Waals surface area (Å²) in [4.78, 5) is 0. The molecule has 0 aromatic heterocycles. The van der Waals surface area contributed by atoms with Gasteiger partial charge >= 0.3 is 0 Å². The van der Waals surface area contributed by atoms with E-state index in [-0.39, 0.29) is 5.92 Å². The van der Waals surface area contributed by atoms with Crippen LogP contribution in [0.1, 0.15) is 29.5 Å². The first kappa shape index (κ1) is 15.9. The molecule has 2 rings (SSSR count). The van der Waals surface area contributed by atoms with Gasteiger partial charge in [0.05, 0.1) is 7.11 Å². The number of nitrogens with two attached hydrogens (primary N) is 1. The highest BCUT2D eigenvalue weighted by molar-refractivity contribution is 6.30. The Morgan fingerprint density at radius 2 is 1.76 bits per heavy atom. The van der Waals surface area contributed by atoms with Crippen LogP contribution in [-0.2, 0) is 12.8 Å². The second-order valence-corrected chi connectivity index (χ2v) is 5.63. The summed E-state index contributed by atoms with van der Waals surface area (Å²) in [5.74, 6) is 1.16. The summed E-state index contributed by atoms with van der Waals surface area (Å²) in [5, 5.41) is 0.758. The predicted molar refractivity (Wildman–Crippen MR) is 89.3 cm³/mol. The highest BCUT2D eigenvalue weighted by atomic mass is 35.5. The molecule has 0 saturated heterocycles. The van der Waals surface area contributed by atoms with Crippen LogP contribution in [0.15, 0.2) is 42.5 Å². The molecule has 0 heterocycles. The van der Waals surface area contributed by atoms with E-state index in [1.54, 1.807) is 7.11 Å². The third-order valence-corrected chi connectivity index (χ3v) is 4.07. The fraction of sp³-hybridized carbons (Fsp3) is 0.333. The fourth-order valence-electron chi connectivity index (χ4n) is 2.55. The maximum absolute atomic E-state index is 6.02. The second kappa shape index (κ2) is 7.48. The number of hydrogen-bond acceptors (Lipinski definition) is 2. The van der Waals surface area contributed by atoms with Crippen molar-refractivity contribution in [2.45, 2.75) is 25.7 Å². The molecule has 2 N–H and O–H groups in total. The number of ether oxygens (including phenoxy) is 1. The zero-order valence-electron chi connectivity index (χ0n) is 12.6. The summed E-state index contributed by atoms with van der Waals surface area (Å²) in [6, 6.07) is 14.3. The maximum Gasteiger partial charge on any atom is 0.122 e. The highest BCUT2D eigenvalue weighted by Crippen LogP contribution is 2.30. The van der Waals surface area contributed by atoms with E-state index in [0.717, 1.165) is 23.6 Å². The lowest BCUT2D eigenvalue weighted by Crippen LogP contribution is -2.16. The van der Waals surface area contributed by atoms with Crippen molar-refractivity contribution in [3.05, 3.63) is 64.2 Å². The second-order valence-electron chi connectivity index (χ2n) is 5.19. The van der Waals surface area contributed by atoms with Gasteiger partial charge in [0, 0.05) is 10.9 Å². The molecule has 0 saturated carbocycles. The van der Waals surface area contributed by atoms with Gasteiger partial charge in [0.1, 0.15) is 5.75 Å². The van der Waals surface area contributed by atoms with Crippen molar-refractivity contribution < 1.29 is 4.74 Å². The van der Waals surface area contributed by atoms with Crippen LogP contribution in [0.2, 0.25) is 5.02 Å². The van der Waals surface area contributed by atoms with Gasteiger partial charge in [-0.2, -0.15) is 0 Å². The molecule has 0 spiro atoms. The Balaban J connectivity index is 2.29. The third kappa shape index (κ3) is 3.99. The number of halogens is 1. The van der Waals surface area contributed by atoms with Gasteiger partial charge in [-0.25, -0.2) is 0 Å². The summed E-state index contributed by atoms with van der Waals surface area (Å²) in [5.41, 5.74) is 9.75. The molecule has 0 aliphatic carbocycles. The minimum Gasteiger partial charge on any atom is -0.496 e. The van der Waals surface area contributed by atoms with Crippen LogP contribution in [-0.4, -0.2) is 13.7 Å². The van der Waals surface area contributed by atoms with Crippen molar-refractivity contribution in [1.82, 2.24) is 0 Å².